The summed E-state index contributed by atoms with van der Waals surface area (Å²) < 4.78 is 21.4. The van der Waals surface area contributed by atoms with E-state index in [1.807, 2.05) is 26.8 Å². The van der Waals surface area contributed by atoms with Crippen molar-refractivity contribution < 1.29 is 33.3 Å². The lowest BCUT2D eigenvalue weighted by atomic mass is 9.89. The molecular formula is C27H42O7. The number of methoxy groups -OCH3 is 1. The van der Waals surface area contributed by atoms with Gasteiger partial charge in [0.1, 0.15) is 18.3 Å². The van der Waals surface area contributed by atoms with Crippen LogP contribution in [0.15, 0.2) is 24.3 Å². The Hall–Kier alpha value is -2.31. The largest absolute Gasteiger partial charge is 0.508 e. The number of esters is 2. The van der Waals surface area contributed by atoms with Crippen LogP contribution in [0.4, 0.5) is 4.79 Å². The summed E-state index contributed by atoms with van der Waals surface area (Å²) in [4.78, 5) is 35.6. The monoisotopic (exact) mass is 478 g/mol. The normalized spacial score (nSPS) is 25.3. The number of unbranched alkanes of at least 4 members (excludes halogenated alkanes) is 3. The van der Waals surface area contributed by atoms with E-state index in [-0.39, 0.29) is 42.1 Å². The lowest BCUT2D eigenvalue weighted by Gasteiger charge is -2.23. The van der Waals surface area contributed by atoms with E-state index in [0.29, 0.717) is 12.8 Å². The van der Waals surface area contributed by atoms with Crippen LogP contribution >= 0.6 is 0 Å². The number of hydrogen-bond donors (Lipinski definition) is 0. The molecule has 0 aromatic rings. The molecule has 34 heavy (non-hydrogen) atoms. The fourth-order valence-electron chi connectivity index (χ4n) is 4.39. The molecule has 2 bridgehead atoms. The second kappa shape index (κ2) is 13.5. The smallest absolute Gasteiger partial charge is 0.469 e. The van der Waals surface area contributed by atoms with Gasteiger partial charge in [0.25, 0.3) is 0 Å². The van der Waals surface area contributed by atoms with E-state index in [1.54, 1.807) is 0 Å². The summed E-state index contributed by atoms with van der Waals surface area (Å²) in [6.07, 6.45) is 14.1. The number of rotatable bonds is 13. The van der Waals surface area contributed by atoms with Crippen molar-refractivity contribution in [2.45, 2.75) is 104 Å². The summed E-state index contributed by atoms with van der Waals surface area (Å²) in [7, 11) is 1.39. The van der Waals surface area contributed by atoms with Crippen LogP contribution in [-0.4, -0.2) is 43.5 Å². The molecule has 1 saturated carbocycles. The van der Waals surface area contributed by atoms with Crippen molar-refractivity contribution in [3.63, 3.8) is 0 Å². The van der Waals surface area contributed by atoms with Crippen molar-refractivity contribution >= 4 is 18.1 Å². The average Bonchev–Trinajstić information content (AvgIpc) is 3.02. The van der Waals surface area contributed by atoms with Crippen LogP contribution in [0.3, 0.4) is 0 Å². The zero-order valence-electron chi connectivity index (χ0n) is 21.4. The Morgan fingerprint density at radius 3 is 2.53 bits per heavy atom. The van der Waals surface area contributed by atoms with Gasteiger partial charge in [-0.15, -0.1) is 0 Å². The molecule has 0 amide bonds. The zero-order chi connectivity index (χ0) is 25.1. The highest BCUT2D eigenvalue weighted by atomic mass is 16.7. The second-order valence-corrected chi connectivity index (χ2v) is 10.3. The van der Waals surface area contributed by atoms with E-state index in [1.165, 1.54) is 7.11 Å². The molecule has 0 N–H and O–H groups in total. The molecule has 1 saturated heterocycles. The molecular weight excluding hydrogens is 436 g/mol. The van der Waals surface area contributed by atoms with Crippen LogP contribution in [0.5, 0.6) is 0 Å². The van der Waals surface area contributed by atoms with Gasteiger partial charge in [-0.3, -0.25) is 9.59 Å². The van der Waals surface area contributed by atoms with Gasteiger partial charge in [-0.25, -0.2) is 4.79 Å². The Bertz CT molecular complexity index is 734. The molecule has 7 nitrogen and oxygen atoms in total. The topological polar surface area (TPSA) is 88.1 Å². The maximum Gasteiger partial charge on any atom is 0.508 e. The quantitative estimate of drug-likeness (QED) is 0.141. The molecule has 0 unspecified atom stereocenters. The van der Waals surface area contributed by atoms with E-state index >= 15 is 0 Å². The van der Waals surface area contributed by atoms with Crippen LogP contribution in [0.2, 0.25) is 0 Å². The second-order valence-electron chi connectivity index (χ2n) is 10.3. The van der Waals surface area contributed by atoms with Crippen LogP contribution < -0.4 is 0 Å². The van der Waals surface area contributed by atoms with Gasteiger partial charge in [0.05, 0.1) is 12.5 Å². The molecule has 7 heteroatoms. The molecule has 1 aliphatic carbocycles. The van der Waals surface area contributed by atoms with Gasteiger partial charge >= 0.3 is 18.1 Å². The van der Waals surface area contributed by atoms with Crippen LogP contribution in [0.1, 0.15) is 85.5 Å². The lowest BCUT2D eigenvalue weighted by molar-refractivity contribution is -0.156. The lowest BCUT2D eigenvalue weighted by Crippen LogP contribution is -2.28. The van der Waals surface area contributed by atoms with Gasteiger partial charge in [-0.05, 0) is 59.0 Å². The molecule has 0 aromatic carbocycles. The average molecular weight is 479 g/mol. The van der Waals surface area contributed by atoms with E-state index in [4.69, 9.17) is 14.2 Å². The third kappa shape index (κ3) is 8.80. The highest BCUT2D eigenvalue weighted by Gasteiger charge is 2.49. The Morgan fingerprint density at radius 2 is 1.85 bits per heavy atom. The van der Waals surface area contributed by atoms with E-state index in [0.717, 1.165) is 44.9 Å². The van der Waals surface area contributed by atoms with Crippen molar-refractivity contribution in [1.29, 1.82) is 0 Å². The molecule has 192 valence electrons. The first kappa shape index (κ1) is 27.9. The SMILES string of the molecule is CCCCC[C@@H](/C=C/[C@@H]1[C@@H](C/C=C\CCCC(=O)OC)[C@H]2C[C@@H]1OC(=O)O2)OC(=O)C(C)(C)C. The van der Waals surface area contributed by atoms with Crippen molar-refractivity contribution in [1.82, 2.24) is 0 Å². The minimum atomic E-state index is -0.608. The van der Waals surface area contributed by atoms with E-state index in [9.17, 15) is 14.4 Å². The first-order valence-corrected chi connectivity index (χ1v) is 12.6. The van der Waals surface area contributed by atoms with Crippen LogP contribution in [-0.2, 0) is 28.5 Å². The fourth-order valence-corrected chi connectivity index (χ4v) is 4.39. The van der Waals surface area contributed by atoms with E-state index in [2.05, 4.69) is 29.9 Å². The molecule has 1 aliphatic heterocycles. The Kier molecular flexibility index (Phi) is 11.1. The van der Waals surface area contributed by atoms with E-state index < -0.39 is 11.6 Å². The minimum absolute atomic E-state index is 0.00168. The zero-order valence-corrected chi connectivity index (χ0v) is 21.4. The molecule has 0 spiro atoms. The predicted octanol–water partition coefficient (Wildman–Crippen LogP) is 5.91. The Morgan fingerprint density at radius 1 is 1.12 bits per heavy atom. The summed E-state index contributed by atoms with van der Waals surface area (Å²) in [5.41, 5.74) is -0.564. The standard InChI is InChI=1S/C27H42O7/c1-6-7-10-13-19(32-25(29)27(2,3)4)16-17-21-20(22-18-23(21)34-26(30)33-22)14-11-8-9-12-15-24(28)31-5/h8,11,16-17,19-23H,6-7,9-10,12-15,18H2,1-5H3/b11-8-,17-16+/t19-,20+,21+,22+,23-/m0/s1. The molecule has 2 fully saturated rings. The number of carbonyl (C=O) groups excluding carboxylic acids is 3. The van der Waals surface area contributed by atoms with Crippen molar-refractivity contribution in [3.8, 4) is 0 Å². The minimum Gasteiger partial charge on any atom is -0.469 e. The number of allylic oxidation sites excluding steroid dienone is 2. The Balaban J connectivity index is 2.05. The van der Waals surface area contributed by atoms with Gasteiger partial charge < -0.3 is 18.9 Å². The summed E-state index contributed by atoms with van der Waals surface area (Å²) in [5, 5.41) is 0. The Labute approximate surface area is 204 Å². The molecule has 0 aromatic heterocycles. The molecule has 2 rings (SSSR count). The number of carbonyl (C=O) groups is 3. The third-order valence-electron chi connectivity index (χ3n) is 6.43. The van der Waals surface area contributed by atoms with Crippen LogP contribution in [0.25, 0.3) is 0 Å². The third-order valence-corrected chi connectivity index (χ3v) is 6.43. The predicted molar refractivity (Wildman–Crippen MR) is 129 cm³/mol. The van der Waals surface area contributed by atoms with Gasteiger partial charge in [-0.1, -0.05) is 38.0 Å². The summed E-state index contributed by atoms with van der Waals surface area (Å²) in [5.74, 6) is -0.324. The first-order valence-electron chi connectivity index (χ1n) is 12.6. The van der Waals surface area contributed by atoms with Crippen molar-refractivity contribution in [3.05, 3.63) is 24.3 Å². The molecule has 5 atom stereocenters. The maximum absolute atomic E-state index is 12.5. The number of ether oxygens (including phenoxy) is 4. The van der Waals surface area contributed by atoms with Crippen LogP contribution in [0, 0.1) is 17.3 Å². The van der Waals surface area contributed by atoms with Gasteiger partial charge in [-0.2, -0.15) is 0 Å². The molecule has 0 radical (unpaired) electrons. The summed E-state index contributed by atoms with van der Waals surface area (Å²) in [6, 6.07) is 0. The van der Waals surface area contributed by atoms with Gasteiger partial charge in [0.15, 0.2) is 0 Å². The number of fused-ring (bicyclic) bond motifs is 2. The molecule has 1 heterocycles. The summed E-state index contributed by atoms with van der Waals surface area (Å²) >= 11 is 0. The number of hydrogen-bond acceptors (Lipinski definition) is 7. The van der Waals surface area contributed by atoms with Gasteiger partial charge in [0, 0.05) is 24.7 Å². The fraction of sp³-hybridized carbons (Fsp3) is 0.741. The van der Waals surface area contributed by atoms with Crippen molar-refractivity contribution in [2.75, 3.05) is 7.11 Å². The van der Waals surface area contributed by atoms with Crippen molar-refractivity contribution in [2.24, 2.45) is 17.3 Å². The molecule has 2 aliphatic rings. The highest BCUT2D eigenvalue weighted by molar-refractivity contribution is 5.75. The van der Waals surface area contributed by atoms with Gasteiger partial charge in [0.2, 0.25) is 0 Å². The summed E-state index contributed by atoms with van der Waals surface area (Å²) in [6.45, 7) is 7.71. The maximum atomic E-state index is 12.5. The highest BCUT2D eigenvalue weighted by Crippen LogP contribution is 2.43. The first-order chi connectivity index (χ1) is 16.2.